The Morgan fingerprint density at radius 3 is 0.705 bits per heavy atom. The average molecular weight is 863 g/mol. The molecule has 0 amide bonds. The number of unbranched alkanes of at least 4 members (excludes halogenated alkanes) is 31. The number of hydrogen-bond donors (Lipinski definition) is 0. The summed E-state index contributed by atoms with van der Waals surface area (Å²) in [7, 11) is 0. The van der Waals surface area contributed by atoms with Crippen LogP contribution in [0, 0.1) is 17.8 Å². The number of esters is 3. The molecule has 0 radical (unpaired) electrons. The maximum atomic E-state index is 12.8. The number of carbonyl (C=O) groups is 3. The molecule has 6 heteroatoms. The highest BCUT2D eigenvalue weighted by Crippen LogP contribution is 2.18. The number of carbonyl (C=O) groups excluding carboxylic acids is 3. The molecule has 0 unspecified atom stereocenters. The van der Waals surface area contributed by atoms with Gasteiger partial charge in [-0.25, -0.2) is 0 Å². The van der Waals surface area contributed by atoms with Crippen LogP contribution in [-0.4, -0.2) is 37.2 Å². The van der Waals surface area contributed by atoms with E-state index in [-0.39, 0.29) is 31.1 Å². The summed E-state index contributed by atoms with van der Waals surface area (Å²) >= 11 is 0. The van der Waals surface area contributed by atoms with E-state index in [1.54, 1.807) is 0 Å². The fraction of sp³-hybridized carbons (Fsp3) is 0.945. The van der Waals surface area contributed by atoms with Gasteiger partial charge in [-0.2, -0.15) is 0 Å². The third-order valence-electron chi connectivity index (χ3n) is 12.4. The molecule has 0 saturated carbocycles. The minimum Gasteiger partial charge on any atom is -0.462 e. The number of ether oxygens (including phenoxy) is 3. The zero-order valence-corrected chi connectivity index (χ0v) is 42.0. The summed E-state index contributed by atoms with van der Waals surface area (Å²) in [5.41, 5.74) is 0. The van der Waals surface area contributed by atoms with E-state index in [9.17, 15) is 14.4 Å². The van der Waals surface area contributed by atoms with E-state index >= 15 is 0 Å². The zero-order valence-electron chi connectivity index (χ0n) is 42.0. The van der Waals surface area contributed by atoms with Crippen LogP contribution in [0.5, 0.6) is 0 Å². The second kappa shape index (κ2) is 46.4. The van der Waals surface area contributed by atoms with Crippen LogP contribution < -0.4 is 0 Å². The van der Waals surface area contributed by atoms with Crippen LogP contribution in [0.15, 0.2) is 0 Å². The van der Waals surface area contributed by atoms with Crippen molar-refractivity contribution in [3.05, 3.63) is 0 Å². The SMILES string of the molecule is CC(C)CCCCCCCCCCCCCCCC(=O)OC[C@@H](COC(=O)CCCCCCCCCCCCCC(C)C)OC(=O)CCCCCCCCCCCCC(C)C. The summed E-state index contributed by atoms with van der Waals surface area (Å²) in [5, 5.41) is 0. The number of hydrogen-bond acceptors (Lipinski definition) is 6. The van der Waals surface area contributed by atoms with Crippen molar-refractivity contribution in [1.29, 1.82) is 0 Å². The second-order valence-corrected chi connectivity index (χ2v) is 20.3. The van der Waals surface area contributed by atoms with Gasteiger partial charge >= 0.3 is 17.9 Å². The van der Waals surface area contributed by atoms with E-state index in [0.717, 1.165) is 75.5 Å². The Labute approximate surface area is 380 Å². The molecular weight excluding hydrogens is 757 g/mol. The first-order valence-electron chi connectivity index (χ1n) is 27.1. The van der Waals surface area contributed by atoms with Crippen molar-refractivity contribution >= 4 is 17.9 Å². The summed E-state index contributed by atoms with van der Waals surface area (Å²) in [5.74, 6) is 1.63. The van der Waals surface area contributed by atoms with Gasteiger partial charge in [-0.15, -0.1) is 0 Å². The highest BCUT2D eigenvalue weighted by Gasteiger charge is 2.19. The van der Waals surface area contributed by atoms with Crippen molar-refractivity contribution in [2.75, 3.05) is 13.2 Å². The average Bonchev–Trinajstić information content (AvgIpc) is 3.22. The quantitative estimate of drug-likeness (QED) is 0.0344. The first-order chi connectivity index (χ1) is 29.6. The molecule has 1 atom stereocenters. The summed E-state index contributed by atoms with van der Waals surface area (Å²) in [6, 6.07) is 0. The van der Waals surface area contributed by atoms with Gasteiger partial charge in [-0.1, -0.05) is 260 Å². The lowest BCUT2D eigenvalue weighted by atomic mass is 10.0. The van der Waals surface area contributed by atoms with Crippen molar-refractivity contribution < 1.29 is 28.6 Å². The summed E-state index contributed by atoms with van der Waals surface area (Å²) in [6.07, 6.45) is 46.6. The molecule has 0 aromatic heterocycles. The molecule has 0 aromatic carbocycles. The lowest BCUT2D eigenvalue weighted by molar-refractivity contribution is -0.167. The largest absolute Gasteiger partial charge is 0.462 e. The van der Waals surface area contributed by atoms with E-state index in [1.807, 2.05) is 0 Å². The van der Waals surface area contributed by atoms with Crippen molar-refractivity contribution in [3.8, 4) is 0 Å². The van der Waals surface area contributed by atoms with Crippen LogP contribution in [0.1, 0.15) is 298 Å². The van der Waals surface area contributed by atoms with Crippen LogP contribution in [0.2, 0.25) is 0 Å². The van der Waals surface area contributed by atoms with E-state index in [4.69, 9.17) is 14.2 Å². The Hall–Kier alpha value is -1.59. The number of rotatable bonds is 48. The van der Waals surface area contributed by atoms with Gasteiger partial charge in [-0.3, -0.25) is 14.4 Å². The van der Waals surface area contributed by atoms with Crippen molar-refractivity contribution in [3.63, 3.8) is 0 Å². The molecule has 0 rings (SSSR count). The molecule has 0 saturated heterocycles. The Morgan fingerprint density at radius 2 is 0.475 bits per heavy atom. The minimum absolute atomic E-state index is 0.0643. The first kappa shape index (κ1) is 59.4. The molecule has 0 aliphatic carbocycles. The molecule has 0 aromatic rings. The monoisotopic (exact) mass is 863 g/mol. The van der Waals surface area contributed by atoms with Crippen molar-refractivity contribution in [2.45, 2.75) is 304 Å². The second-order valence-electron chi connectivity index (χ2n) is 20.3. The summed E-state index contributed by atoms with van der Waals surface area (Å²) in [4.78, 5) is 38.0. The summed E-state index contributed by atoms with van der Waals surface area (Å²) in [6.45, 7) is 13.7. The minimum atomic E-state index is -0.763. The van der Waals surface area contributed by atoms with Gasteiger partial charge in [0.1, 0.15) is 13.2 Å². The fourth-order valence-electron chi connectivity index (χ4n) is 8.29. The Morgan fingerprint density at radius 1 is 0.279 bits per heavy atom. The first-order valence-corrected chi connectivity index (χ1v) is 27.1. The molecule has 0 aliphatic rings. The van der Waals surface area contributed by atoms with Crippen LogP contribution in [0.4, 0.5) is 0 Å². The Balaban J connectivity index is 4.31. The van der Waals surface area contributed by atoms with E-state index < -0.39 is 6.10 Å². The van der Waals surface area contributed by atoms with Gasteiger partial charge in [0, 0.05) is 19.3 Å². The highest BCUT2D eigenvalue weighted by atomic mass is 16.6. The maximum Gasteiger partial charge on any atom is 0.306 e. The van der Waals surface area contributed by atoms with Gasteiger partial charge in [0.05, 0.1) is 0 Å². The molecule has 0 aliphatic heterocycles. The predicted octanol–water partition coefficient (Wildman–Crippen LogP) is 17.6. The third-order valence-corrected chi connectivity index (χ3v) is 12.4. The molecular formula is C55H106O6. The maximum absolute atomic E-state index is 12.8. The fourth-order valence-corrected chi connectivity index (χ4v) is 8.29. The molecule has 0 bridgehead atoms. The smallest absolute Gasteiger partial charge is 0.306 e. The van der Waals surface area contributed by atoms with E-state index in [1.165, 1.54) is 180 Å². The predicted molar refractivity (Wildman–Crippen MR) is 261 cm³/mol. The topological polar surface area (TPSA) is 78.9 Å². The van der Waals surface area contributed by atoms with Crippen LogP contribution >= 0.6 is 0 Å². The lowest BCUT2D eigenvalue weighted by Gasteiger charge is -2.18. The molecule has 0 spiro atoms. The van der Waals surface area contributed by atoms with Gasteiger partial charge in [0.25, 0.3) is 0 Å². The van der Waals surface area contributed by atoms with E-state index in [0.29, 0.717) is 19.3 Å². The van der Waals surface area contributed by atoms with Crippen molar-refractivity contribution in [2.24, 2.45) is 17.8 Å². The third kappa shape index (κ3) is 49.3. The standard InChI is InChI=1S/C55H106O6/c1-49(2)41-35-29-23-17-11-8-7-9-13-20-26-32-38-44-53(56)59-47-52(61-55(58)46-40-34-28-22-16-15-19-25-31-37-43-51(5)6)48-60-54(57)45-39-33-27-21-14-10-12-18-24-30-36-42-50(3)4/h49-52H,7-48H2,1-6H3/t52-/m0/s1. The van der Waals surface area contributed by atoms with Crippen LogP contribution in [0.3, 0.4) is 0 Å². The van der Waals surface area contributed by atoms with Crippen LogP contribution in [0.25, 0.3) is 0 Å². The van der Waals surface area contributed by atoms with Crippen molar-refractivity contribution in [1.82, 2.24) is 0 Å². The van der Waals surface area contributed by atoms with Gasteiger partial charge in [0.15, 0.2) is 6.10 Å². The molecule has 61 heavy (non-hydrogen) atoms. The molecule has 0 N–H and O–H groups in total. The highest BCUT2D eigenvalue weighted by molar-refractivity contribution is 5.71. The van der Waals surface area contributed by atoms with Gasteiger partial charge < -0.3 is 14.2 Å². The Bertz CT molecular complexity index is 945. The van der Waals surface area contributed by atoms with Gasteiger partial charge in [-0.05, 0) is 37.0 Å². The molecule has 6 nitrogen and oxygen atoms in total. The molecule has 0 fully saturated rings. The Kier molecular flexibility index (Phi) is 45.2. The van der Waals surface area contributed by atoms with E-state index in [2.05, 4.69) is 41.5 Å². The normalized spacial score (nSPS) is 12.1. The van der Waals surface area contributed by atoms with Crippen LogP contribution in [-0.2, 0) is 28.6 Å². The lowest BCUT2D eigenvalue weighted by Crippen LogP contribution is -2.30. The zero-order chi connectivity index (χ0) is 44.9. The van der Waals surface area contributed by atoms with Gasteiger partial charge in [0.2, 0.25) is 0 Å². The summed E-state index contributed by atoms with van der Waals surface area (Å²) < 4.78 is 16.8. The molecule has 0 heterocycles. The molecule has 362 valence electrons.